The number of fused-ring (bicyclic) bond motifs is 1. The van der Waals surface area contributed by atoms with Gasteiger partial charge in [0.15, 0.2) is 0 Å². The lowest BCUT2D eigenvalue weighted by atomic mass is 10.1. The summed E-state index contributed by atoms with van der Waals surface area (Å²) in [6.07, 6.45) is 0.185. The minimum atomic E-state index is 0.0393. The molecule has 0 amide bonds. The Morgan fingerprint density at radius 3 is 3.07 bits per heavy atom. The van der Waals surface area contributed by atoms with Crippen molar-refractivity contribution in [2.24, 2.45) is 0 Å². The predicted molar refractivity (Wildman–Crippen MR) is 57.2 cm³/mol. The highest BCUT2D eigenvalue weighted by molar-refractivity contribution is 7.17. The van der Waals surface area contributed by atoms with Gasteiger partial charge in [0, 0.05) is 15.6 Å². The lowest BCUT2D eigenvalue weighted by Crippen LogP contribution is -1.91. The van der Waals surface area contributed by atoms with Crippen LogP contribution in [0.15, 0.2) is 17.5 Å². The second-order valence-corrected chi connectivity index (χ2v) is 3.91. The molecule has 0 radical (unpaired) electrons. The van der Waals surface area contributed by atoms with E-state index in [1.807, 2.05) is 17.5 Å². The van der Waals surface area contributed by atoms with Crippen LogP contribution >= 0.6 is 11.3 Å². The first-order valence-corrected chi connectivity index (χ1v) is 4.96. The van der Waals surface area contributed by atoms with E-state index in [1.54, 1.807) is 17.4 Å². The van der Waals surface area contributed by atoms with Crippen LogP contribution in [0, 0.1) is 11.3 Å². The Morgan fingerprint density at radius 2 is 2.36 bits per heavy atom. The van der Waals surface area contributed by atoms with E-state index in [-0.39, 0.29) is 12.2 Å². The molecule has 0 aliphatic carbocycles. The average molecular weight is 204 g/mol. The van der Waals surface area contributed by atoms with Crippen LogP contribution in [0.1, 0.15) is 5.56 Å². The van der Waals surface area contributed by atoms with Crippen LogP contribution in [0.2, 0.25) is 0 Å². The SMILES string of the molecule is N#CCc1c(O)c(N)cc2sccc12. The Balaban J connectivity index is 2.81. The first-order valence-electron chi connectivity index (χ1n) is 4.08. The molecule has 0 saturated heterocycles. The number of nitrogens with two attached hydrogens (primary N) is 1. The summed E-state index contributed by atoms with van der Waals surface area (Å²) in [5, 5.41) is 21.1. The molecular formula is C10H8N2OS. The van der Waals surface area contributed by atoms with E-state index >= 15 is 0 Å². The Hall–Kier alpha value is -1.73. The third kappa shape index (κ3) is 1.19. The fourth-order valence-electron chi connectivity index (χ4n) is 1.45. The zero-order valence-electron chi connectivity index (χ0n) is 7.32. The zero-order chi connectivity index (χ0) is 10.1. The number of aromatic hydroxyl groups is 1. The number of phenolic OH excluding ortho intramolecular Hbond substituents is 1. The van der Waals surface area contributed by atoms with Crippen molar-refractivity contribution in [2.75, 3.05) is 5.73 Å². The van der Waals surface area contributed by atoms with Gasteiger partial charge in [-0.25, -0.2) is 0 Å². The molecule has 2 aromatic rings. The molecule has 70 valence electrons. The molecule has 0 saturated carbocycles. The van der Waals surface area contributed by atoms with Gasteiger partial charge in [-0.2, -0.15) is 5.26 Å². The van der Waals surface area contributed by atoms with E-state index < -0.39 is 0 Å². The van der Waals surface area contributed by atoms with Crippen LogP contribution in [-0.4, -0.2) is 5.11 Å². The van der Waals surface area contributed by atoms with Crippen molar-refractivity contribution in [3.63, 3.8) is 0 Å². The largest absolute Gasteiger partial charge is 0.505 e. The van der Waals surface area contributed by atoms with Crippen LogP contribution in [0.5, 0.6) is 5.75 Å². The van der Waals surface area contributed by atoms with Gasteiger partial charge in [0.05, 0.1) is 18.2 Å². The number of nitrogen functional groups attached to an aromatic ring is 1. The molecule has 0 spiro atoms. The van der Waals surface area contributed by atoms with Gasteiger partial charge in [0.2, 0.25) is 0 Å². The van der Waals surface area contributed by atoms with Crippen LogP contribution < -0.4 is 5.73 Å². The lowest BCUT2D eigenvalue weighted by Gasteiger charge is -2.05. The highest BCUT2D eigenvalue weighted by Gasteiger charge is 2.10. The van der Waals surface area contributed by atoms with E-state index in [0.717, 1.165) is 10.1 Å². The van der Waals surface area contributed by atoms with E-state index in [4.69, 9.17) is 11.0 Å². The van der Waals surface area contributed by atoms with Crippen LogP contribution in [0.4, 0.5) is 5.69 Å². The summed E-state index contributed by atoms with van der Waals surface area (Å²) in [5.41, 5.74) is 6.59. The standard InChI is InChI=1S/C10H8N2OS/c11-3-1-7-6-2-4-14-9(6)5-8(12)10(7)13/h2,4-5,13H,1,12H2. The predicted octanol–water partition coefficient (Wildman–Crippen LogP) is 2.26. The fourth-order valence-corrected chi connectivity index (χ4v) is 2.32. The Labute approximate surface area is 85.0 Å². The molecule has 4 heteroatoms. The van der Waals surface area contributed by atoms with Crippen LogP contribution in [0.3, 0.4) is 0 Å². The number of nitriles is 1. The van der Waals surface area contributed by atoms with E-state index in [1.165, 1.54) is 0 Å². The van der Waals surface area contributed by atoms with Crippen molar-refractivity contribution < 1.29 is 5.11 Å². The maximum absolute atomic E-state index is 9.67. The maximum atomic E-state index is 9.67. The molecule has 3 N–H and O–H groups in total. The molecule has 0 bridgehead atoms. The number of nitrogens with zero attached hydrogens (tertiary/aromatic N) is 1. The smallest absolute Gasteiger partial charge is 0.143 e. The first-order chi connectivity index (χ1) is 6.74. The van der Waals surface area contributed by atoms with Gasteiger partial charge in [-0.3, -0.25) is 0 Å². The summed E-state index contributed by atoms with van der Waals surface area (Å²) in [7, 11) is 0. The molecular weight excluding hydrogens is 196 g/mol. The zero-order valence-corrected chi connectivity index (χ0v) is 8.14. The van der Waals surface area contributed by atoms with Crippen molar-refractivity contribution in [1.82, 2.24) is 0 Å². The van der Waals surface area contributed by atoms with Crippen molar-refractivity contribution in [2.45, 2.75) is 6.42 Å². The summed E-state index contributed by atoms with van der Waals surface area (Å²) in [4.78, 5) is 0. The molecule has 0 aliphatic rings. The molecule has 0 unspecified atom stereocenters. The van der Waals surface area contributed by atoms with Gasteiger partial charge in [0.1, 0.15) is 5.75 Å². The quantitative estimate of drug-likeness (QED) is 0.553. The molecule has 1 aromatic carbocycles. The van der Waals surface area contributed by atoms with Gasteiger partial charge >= 0.3 is 0 Å². The van der Waals surface area contributed by atoms with E-state index in [9.17, 15) is 5.11 Å². The average Bonchev–Trinajstić information content (AvgIpc) is 2.60. The number of hydrogen-bond acceptors (Lipinski definition) is 4. The third-order valence-corrected chi connectivity index (χ3v) is 2.99. The maximum Gasteiger partial charge on any atom is 0.143 e. The minimum absolute atomic E-state index is 0.0393. The highest BCUT2D eigenvalue weighted by Crippen LogP contribution is 2.35. The van der Waals surface area contributed by atoms with Gasteiger partial charge in [-0.15, -0.1) is 11.3 Å². The summed E-state index contributed by atoms with van der Waals surface area (Å²) in [6.45, 7) is 0. The van der Waals surface area contributed by atoms with E-state index in [2.05, 4.69) is 0 Å². The monoisotopic (exact) mass is 204 g/mol. The summed E-state index contributed by atoms with van der Waals surface area (Å²) in [5.74, 6) is 0.0393. The van der Waals surface area contributed by atoms with Crippen molar-refractivity contribution in [3.8, 4) is 11.8 Å². The molecule has 14 heavy (non-hydrogen) atoms. The molecule has 1 aromatic heterocycles. The second-order valence-electron chi connectivity index (χ2n) is 2.96. The van der Waals surface area contributed by atoms with Crippen LogP contribution in [0.25, 0.3) is 10.1 Å². The van der Waals surface area contributed by atoms with Gasteiger partial charge < -0.3 is 10.8 Å². The van der Waals surface area contributed by atoms with Crippen molar-refractivity contribution >= 4 is 27.1 Å². The number of phenols is 1. The molecule has 0 aliphatic heterocycles. The molecule has 2 rings (SSSR count). The van der Waals surface area contributed by atoms with Gasteiger partial charge in [-0.1, -0.05) is 0 Å². The van der Waals surface area contributed by atoms with E-state index in [0.29, 0.717) is 11.3 Å². The molecule has 0 fully saturated rings. The van der Waals surface area contributed by atoms with Crippen molar-refractivity contribution in [3.05, 3.63) is 23.1 Å². The number of anilines is 1. The van der Waals surface area contributed by atoms with Crippen molar-refractivity contribution in [1.29, 1.82) is 5.26 Å². The lowest BCUT2D eigenvalue weighted by molar-refractivity contribution is 0.474. The second kappa shape index (κ2) is 3.20. The summed E-state index contributed by atoms with van der Waals surface area (Å²) < 4.78 is 1.01. The number of hydrogen-bond donors (Lipinski definition) is 2. The number of benzene rings is 1. The normalized spacial score (nSPS) is 10.2. The summed E-state index contributed by atoms with van der Waals surface area (Å²) >= 11 is 1.55. The molecule has 1 heterocycles. The Kier molecular flexibility index (Phi) is 2.02. The first kappa shape index (κ1) is 8.85. The number of thiophene rings is 1. The minimum Gasteiger partial charge on any atom is -0.505 e. The fraction of sp³-hybridized carbons (Fsp3) is 0.100. The van der Waals surface area contributed by atoms with Gasteiger partial charge in [0.25, 0.3) is 0 Å². The van der Waals surface area contributed by atoms with Gasteiger partial charge in [-0.05, 0) is 17.5 Å². The highest BCUT2D eigenvalue weighted by atomic mass is 32.1. The Bertz CT molecular complexity index is 525. The summed E-state index contributed by atoms with van der Waals surface area (Å²) in [6, 6.07) is 5.65. The molecule has 3 nitrogen and oxygen atoms in total. The molecule has 0 atom stereocenters. The Morgan fingerprint density at radius 1 is 1.57 bits per heavy atom. The third-order valence-electron chi connectivity index (χ3n) is 2.12. The van der Waals surface area contributed by atoms with Crippen LogP contribution in [-0.2, 0) is 6.42 Å². The number of rotatable bonds is 1. The topological polar surface area (TPSA) is 70.0 Å².